The summed E-state index contributed by atoms with van der Waals surface area (Å²) in [5.74, 6) is 4.34. The summed E-state index contributed by atoms with van der Waals surface area (Å²) < 4.78 is 11.3. The van der Waals surface area contributed by atoms with Crippen molar-refractivity contribution < 1.29 is 19.4 Å². The summed E-state index contributed by atoms with van der Waals surface area (Å²) in [4.78, 5) is 10.6. The lowest BCUT2D eigenvalue weighted by atomic mass is 9.47. The number of carbonyl (C=O) groups is 1. The minimum Gasteiger partial charge on any atom is -0.480 e. The van der Waals surface area contributed by atoms with E-state index in [4.69, 9.17) is 14.6 Å². The van der Waals surface area contributed by atoms with E-state index in [1.54, 1.807) is 5.57 Å². The quantitative estimate of drug-likeness (QED) is 0.241. The molecule has 0 saturated heterocycles. The number of carboxylic acids is 1. The Kier molecular flexibility index (Phi) is 8.74. The van der Waals surface area contributed by atoms with Crippen molar-refractivity contribution >= 4 is 5.97 Å². The predicted octanol–water partition coefficient (Wildman–Crippen LogP) is 7.51. The summed E-state index contributed by atoms with van der Waals surface area (Å²) in [6.07, 6.45) is 17.5. The molecule has 3 fully saturated rings. The van der Waals surface area contributed by atoms with Gasteiger partial charge in [0.2, 0.25) is 0 Å². The maximum atomic E-state index is 10.6. The number of allylic oxidation sites excluding steroid dienone is 1. The van der Waals surface area contributed by atoms with Crippen LogP contribution in [0.15, 0.2) is 11.6 Å². The van der Waals surface area contributed by atoms with Gasteiger partial charge in [-0.1, -0.05) is 65.5 Å². The second-order valence-corrected chi connectivity index (χ2v) is 13.5. The second-order valence-electron chi connectivity index (χ2n) is 13.5. The highest BCUT2D eigenvalue weighted by Gasteiger charge is 2.59. The van der Waals surface area contributed by atoms with Crippen LogP contribution >= 0.6 is 0 Å². The van der Waals surface area contributed by atoms with Gasteiger partial charge in [0.05, 0.1) is 19.3 Å². The van der Waals surface area contributed by atoms with Gasteiger partial charge in [-0.3, -0.25) is 0 Å². The molecular formula is C31H52O4. The molecule has 0 heterocycles. The van der Waals surface area contributed by atoms with Gasteiger partial charge in [-0.2, -0.15) is 0 Å². The van der Waals surface area contributed by atoms with Crippen LogP contribution in [0.25, 0.3) is 0 Å². The van der Waals surface area contributed by atoms with Crippen LogP contribution in [0.5, 0.6) is 0 Å². The molecule has 0 aromatic heterocycles. The van der Waals surface area contributed by atoms with Crippen LogP contribution in [-0.2, 0) is 14.3 Å². The van der Waals surface area contributed by atoms with Gasteiger partial charge < -0.3 is 14.6 Å². The number of aliphatic carboxylic acids is 1. The first kappa shape index (κ1) is 27.2. The number of fused-ring (bicyclic) bond motifs is 5. The summed E-state index contributed by atoms with van der Waals surface area (Å²) in [6, 6.07) is 0. The standard InChI is InChI=1S/C31H52O4/c1-21(2)7-6-8-22(3)26-11-12-27-25-10-9-23-19-24(35-18-17-34-20-29(32)33)13-15-30(23,4)28(25)14-16-31(26,27)5/h9,21-22,24-28H,6-8,10-20H2,1-5H3,(H,32,33)/t22-,24?,25+,26-,27+,28+,30+,31-/m1/s1. The summed E-state index contributed by atoms with van der Waals surface area (Å²) in [6.45, 7) is 13.2. The van der Waals surface area contributed by atoms with E-state index < -0.39 is 5.97 Å². The molecule has 0 aliphatic heterocycles. The number of hydrogen-bond acceptors (Lipinski definition) is 3. The molecule has 0 aromatic carbocycles. The molecule has 4 aliphatic rings. The molecule has 1 unspecified atom stereocenters. The predicted molar refractivity (Wildman–Crippen MR) is 141 cm³/mol. The van der Waals surface area contributed by atoms with Crippen molar-refractivity contribution in [2.45, 2.75) is 111 Å². The molecule has 0 spiro atoms. The number of ether oxygens (including phenoxy) is 2. The van der Waals surface area contributed by atoms with E-state index in [0.29, 0.717) is 24.0 Å². The Labute approximate surface area is 214 Å². The molecule has 1 N–H and O–H groups in total. The molecular weight excluding hydrogens is 436 g/mol. The Bertz CT molecular complexity index is 759. The van der Waals surface area contributed by atoms with Crippen molar-refractivity contribution in [2.75, 3.05) is 19.8 Å². The number of carboxylic acid groups (broad SMARTS) is 1. The van der Waals surface area contributed by atoms with Gasteiger partial charge in [-0.15, -0.1) is 0 Å². The fourth-order valence-corrected chi connectivity index (χ4v) is 9.23. The third-order valence-electron chi connectivity index (χ3n) is 11.1. The third-order valence-corrected chi connectivity index (χ3v) is 11.1. The Hall–Kier alpha value is -0.870. The van der Waals surface area contributed by atoms with E-state index in [2.05, 4.69) is 40.7 Å². The average molecular weight is 489 g/mol. The SMILES string of the molecule is CC(C)CCC[C@@H](C)[C@H]1CC[C@H]2[C@@H]3CC=C4CC(OCCOCC(=O)O)CC[C@]4(C)[C@H]3CC[C@]12C. The molecule has 4 heteroatoms. The van der Waals surface area contributed by atoms with Crippen LogP contribution in [0.4, 0.5) is 0 Å². The lowest BCUT2D eigenvalue weighted by Crippen LogP contribution is -2.51. The summed E-state index contributed by atoms with van der Waals surface area (Å²) >= 11 is 0. The summed E-state index contributed by atoms with van der Waals surface area (Å²) in [7, 11) is 0. The molecule has 0 amide bonds. The van der Waals surface area contributed by atoms with Crippen molar-refractivity contribution in [1.29, 1.82) is 0 Å². The highest BCUT2D eigenvalue weighted by Crippen LogP contribution is 2.67. The van der Waals surface area contributed by atoms with Gasteiger partial charge >= 0.3 is 5.97 Å². The van der Waals surface area contributed by atoms with E-state index in [0.717, 1.165) is 48.3 Å². The first-order chi connectivity index (χ1) is 16.6. The zero-order valence-electron chi connectivity index (χ0n) is 23.2. The van der Waals surface area contributed by atoms with E-state index in [1.807, 2.05) is 0 Å². The highest BCUT2D eigenvalue weighted by molar-refractivity contribution is 5.67. The number of hydrogen-bond donors (Lipinski definition) is 1. The first-order valence-electron chi connectivity index (χ1n) is 14.8. The van der Waals surface area contributed by atoms with Gasteiger partial charge in [0.25, 0.3) is 0 Å². The van der Waals surface area contributed by atoms with E-state index in [-0.39, 0.29) is 12.7 Å². The van der Waals surface area contributed by atoms with Crippen molar-refractivity contribution in [3.63, 3.8) is 0 Å². The fourth-order valence-electron chi connectivity index (χ4n) is 9.23. The van der Waals surface area contributed by atoms with Gasteiger partial charge in [-0.05, 0) is 97.7 Å². The van der Waals surface area contributed by atoms with Crippen LogP contribution in [-0.4, -0.2) is 37.0 Å². The monoisotopic (exact) mass is 488 g/mol. The minimum absolute atomic E-state index is 0.238. The molecule has 200 valence electrons. The highest BCUT2D eigenvalue weighted by atomic mass is 16.5. The van der Waals surface area contributed by atoms with E-state index in [9.17, 15) is 4.79 Å². The third kappa shape index (κ3) is 5.69. The van der Waals surface area contributed by atoms with Crippen molar-refractivity contribution in [1.82, 2.24) is 0 Å². The lowest BCUT2D eigenvalue weighted by Gasteiger charge is -2.58. The van der Waals surface area contributed by atoms with E-state index >= 15 is 0 Å². The zero-order chi connectivity index (χ0) is 25.2. The van der Waals surface area contributed by atoms with Crippen molar-refractivity contribution in [2.24, 2.45) is 46.3 Å². The van der Waals surface area contributed by atoms with E-state index in [1.165, 1.54) is 57.8 Å². The molecule has 3 saturated carbocycles. The van der Waals surface area contributed by atoms with Crippen LogP contribution < -0.4 is 0 Å². The molecule has 4 rings (SSSR count). The Balaban J connectivity index is 1.36. The zero-order valence-corrected chi connectivity index (χ0v) is 23.2. The fraction of sp³-hybridized carbons (Fsp3) is 0.903. The van der Waals surface area contributed by atoms with Crippen LogP contribution in [0, 0.1) is 46.3 Å². The summed E-state index contributed by atoms with van der Waals surface area (Å²) in [5, 5.41) is 8.71. The van der Waals surface area contributed by atoms with Crippen LogP contribution in [0.1, 0.15) is 105 Å². The van der Waals surface area contributed by atoms with Crippen molar-refractivity contribution in [3.8, 4) is 0 Å². The molecule has 8 atom stereocenters. The normalized spacial score (nSPS) is 39.5. The Morgan fingerprint density at radius 1 is 1.06 bits per heavy atom. The lowest BCUT2D eigenvalue weighted by molar-refractivity contribution is -0.143. The van der Waals surface area contributed by atoms with Gasteiger partial charge in [0.1, 0.15) is 6.61 Å². The minimum atomic E-state index is -0.918. The van der Waals surface area contributed by atoms with Crippen LogP contribution in [0.2, 0.25) is 0 Å². The Morgan fingerprint density at radius 3 is 2.60 bits per heavy atom. The molecule has 4 aliphatic carbocycles. The smallest absolute Gasteiger partial charge is 0.329 e. The summed E-state index contributed by atoms with van der Waals surface area (Å²) in [5.41, 5.74) is 2.56. The molecule has 35 heavy (non-hydrogen) atoms. The van der Waals surface area contributed by atoms with Crippen molar-refractivity contribution in [3.05, 3.63) is 11.6 Å². The van der Waals surface area contributed by atoms with Gasteiger partial charge in [0, 0.05) is 0 Å². The number of rotatable bonds is 11. The maximum Gasteiger partial charge on any atom is 0.329 e. The topological polar surface area (TPSA) is 55.8 Å². The molecule has 0 aromatic rings. The van der Waals surface area contributed by atoms with Gasteiger partial charge in [-0.25, -0.2) is 4.79 Å². The molecule has 4 nitrogen and oxygen atoms in total. The largest absolute Gasteiger partial charge is 0.480 e. The first-order valence-corrected chi connectivity index (χ1v) is 14.8. The molecule has 0 radical (unpaired) electrons. The average Bonchev–Trinajstić information content (AvgIpc) is 3.15. The van der Waals surface area contributed by atoms with Gasteiger partial charge in [0.15, 0.2) is 0 Å². The second kappa shape index (κ2) is 11.3. The molecule has 0 bridgehead atoms. The van der Waals surface area contributed by atoms with Crippen LogP contribution in [0.3, 0.4) is 0 Å². The Morgan fingerprint density at radius 2 is 1.86 bits per heavy atom. The maximum absolute atomic E-state index is 10.6.